The van der Waals surface area contributed by atoms with Gasteiger partial charge in [0.2, 0.25) is 0 Å². The molecule has 3 aromatic rings. The van der Waals surface area contributed by atoms with Crippen molar-refractivity contribution in [3.8, 4) is 0 Å². The van der Waals surface area contributed by atoms with Crippen LogP contribution in [0.2, 0.25) is 0 Å². The minimum atomic E-state index is -0.916. The number of amides is 2. The minimum Gasteiger partial charge on any atom is -0.462 e. The number of benzene rings is 2. The lowest BCUT2D eigenvalue weighted by atomic mass is 9.88. The van der Waals surface area contributed by atoms with E-state index in [9.17, 15) is 14.4 Å². The van der Waals surface area contributed by atoms with Crippen LogP contribution in [0.5, 0.6) is 0 Å². The third kappa shape index (κ3) is 4.96. The second-order valence-electron chi connectivity index (χ2n) is 8.00. The van der Waals surface area contributed by atoms with Gasteiger partial charge in [0.1, 0.15) is 5.00 Å². The number of hydrogen-bond donors (Lipinski definition) is 2. The van der Waals surface area contributed by atoms with E-state index in [1.807, 2.05) is 42.5 Å². The normalized spacial score (nSPS) is 15.3. The maximum Gasteiger partial charge on any atom is 0.341 e. The van der Waals surface area contributed by atoms with Crippen molar-refractivity contribution >= 4 is 51.1 Å². The van der Waals surface area contributed by atoms with Crippen molar-refractivity contribution in [2.75, 3.05) is 11.9 Å². The first-order valence-electron chi connectivity index (χ1n) is 10.9. The lowest BCUT2D eigenvalue weighted by molar-refractivity contribution is -0.136. The van der Waals surface area contributed by atoms with Crippen molar-refractivity contribution in [1.29, 1.82) is 0 Å². The van der Waals surface area contributed by atoms with Gasteiger partial charge in [-0.2, -0.15) is 5.10 Å². The molecule has 4 rings (SSSR count). The summed E-state index contributed by atoms with van der Waals surface area (Å²) >= 11 is 1.34. The van der Waals surface area contributed by atoms with Crippen LogP contribution in [-0.2, 0) is 27.2 Å². The quantitative estimate of drug-likeness (QED) is 0.255. The lowest BCUT2D eigenvalue weighted by Gasteiger charge is -2.18. The summed E-state index contributed by atoms with van der Waals surface area (Å²) in [6.45, 7) is 4.13. The van der Waals surface area contributed by atoms with E-state index in [0.29, 0.717) is 16.5 Å². The van der Waals surface area contributed by atoms with Gasteiger partial charge in [-0.1, -0.05) is 49.4 Å². The summed E-state index contributed by atoms with van der Waals surface area (Å²) in [6, 6.07) is 13.6. The van der Waals surface area contributed by atoms with Crippen molar-refractivity contribution in [1.82, 2.24) is 5.43 Å². The molecule has 2 aromatic carbocycles. The summed E-state index contributed by atoms with van der Waals surface area (Å²) < 4.78 is 5.20. The SMILES string of the molecule is CCOC(=O)c1c(NC(=O)C(=O)N/N=C\c2cccc3ccccc23)sc2c1CC[C@H](C)C2. The van der Waals surface area contributed by atoms with Gasteiger partial charge in [-0.3, -0.25) is 9.59 Å². The second-order valence-corrected chi connectivity index (χ2v) is 9.10. The van der Waals surface area contributed by atoms with Crippen molar-refractivity contribution in [2.45, 2.75) is 33.1 Å². The summed E-state index contributed by atoms with van der Waals surface area (Å²) in [5, 5.41) is 8.92. The smallest absolute Gasteiger partial charge is 0.341 e. The topological polar surface area (TPSA) is 96.9 Å². The zero-order valence-corrected chi connectivity index (χ0v) is 19.3. The number of ether oxygens (including phenoxy) is 1. The highest BCUT2D eigenvalue weighted by molar-refractivity contribution is 7.17. The summed E-state index contributed by atoms with van der Waals surface area (Å²) in [5.41, 5.74) is 4.37. The average molecular weight is 464 g/mol. The predicted molar refractivity (Wildman–Crippen MR) is 130 cm³/mol. The molecule has 0 saturated carbocycles. The monoisotopic (exact) mass is 463 g/mol. The third-order valence-electron chi connectivity index (χ3n) is 5.62. The number of nitrogens with one attached hydrogen (secondary N) is 2. The van der Waals surface area contributed by atoms with E-state index in [0.717, 1.165) is 46.0 Å². The molecule has 2 amide bonds. The first kappa shape index (κ1) is 22.7. The van der Waals surface area contributed by atoms with Gasteiger partial charge in [-0.15, -0.1) is 11.3 Å². The van der Waals surface area contributed by atoms with Gasteiger partial charge < -0.3 is 10.1 Å². The molecule has 8 heteroatoms. The molecular weight excluding hydrogens is 438 g/mol. The Morgan fingerprint density at radius 2 is 1.94 bits per heavy atom. The molecule has 170 valence electrons. The Hall–Kier alpha value is -3.52. The van der Waals surface area contributed by atoms with Gasteiger partial charge in [0, 0.05) is 10.4 Å². The Bertz CT molecular complexity index is 1240. The number of esters is 1. The number of rotatable bonds is 5. The van der Waals surface area contributed by atoms with Crippen molar-refractivity contribution in [3.63, 3.8) is 0 Å². The fraction of sp³-hybridized carbons (Fsp3) is 0.280. The maximum absolute atomic E-state index is 12.6. The Balaban J connectivity index is 1.48. The number of nitrogens with zero attached hydrogens (tertiary/aromatic N) is 1. The van der Waals surface area contributed by atoms with Crippen molar-refractivity contribution < 1.29 is 19.1 Å². The molecule has 2 N–H and O–H groups in total. The molecule has 1 heterocycles. The standard InChI is InChI=1S/C25H25N3O4S/c1-3-32-25(31)21-19-12-11-15(2)13-20(19)33-24(21)27-22(29)23(30)28-26-14-17-9-6-8-16-7-4-5-10-18(16)17/h4-10,14-15H,3,11-13H2,1-2H3,(H,27,29)(H,28,30)/b26-14-/t15-/m0/s1. The Morgan fingerprint density at radius 1 is 1.15 bits per heavy atom. The molecule has 0 fully saturated rings. The molecule has 0 bridgehead atoms. The van der Waals surface area contributed by atoms with E-state index < -0.39 is 17.8 Å². The number of anilines is 1. The molecule has 1 aliphatic rings. The van der Waals surface area contributed by atoms with E-state index in [1.165, 1.54) is 17.6 Å². The fourth-order valence-corrected chi connectivity index (χ4v) is 5.39. The highest BCUT2D eigenvalue weighted by Gasteiger charge is 2.30. The Morgan fingerprint density at radius 3 is 2.76 bits per heavy atom. The van der Waals surface area contributed by atoms with Gasteiger partial charge >= 0.3 is 17.8 Å². The number of hydrazone groups is 1. The number of fused-ring (bicyclic) bond motifs is 2. The van der Waals surface area contributed by atoms with Crippen LogP contribution >= 0.6 is 11.3 Å². The first-order valence-corrected chi connectivity index (χ1v) is 11.7. The van der Waals surface area contributed by atoms with Crippen LogP contribution < -0.4 is 10.7 Å². The van der Waals surface area contributed by atoms with E-state index >= 15 is 0 Å². The van der Waals surface area contributed by atoms with Gasteiger partial charge in [0.15, 0.2) is 0 Å². The number of carbonyl (C=O) groups excluding carboxylic acids is 3. The molecule has 0 saturated heterocycles. The summed E-state index contributed by atoms with van der Waals surface area (Å²) in [4.78, 5) is 38.5. The van der Waals surface area contributed by atoms with Crippen LogP contribution in [-0.4, -0.2) is 30.6 Å². The van der Waals surface area contributed by atoms with Crippen molar-refractivity contribution in [2.24, 2.45) is 11.0 Å². The fourth-order valence-electron chi connectivity index (χ4n) is 3.99. The predicted octanol–water partition coefficient (Wildman–Crippen LogP) is 4.29. The molecule has 1 aromatic heterocycles. The van der Waals surface area contributed by atoms with Crippen LogP contribution in [0.3, 0.4) is 0 Å². The zero-order chi connectivity index (χ0) is 23.4. The van der Waals surface area contributed by atoms with Crippen LogP contribution in [0, 0.1) is 5.92 Å². The summed E-state index contributed by atoms with van der Waals surface area (Å²) in [6.07, 6.45) is 4.05. The first-order chi connectivity index (χ1) is 16.0. The third-order valence-corrected chi connectivity index (χ3v) is 6.79. The van der Waals surface area contributed by atoms with Crippen LogP contribution in [0.15, 0.2) is 47.6 Å². The van der Waals surface area contributed by atoms with Crippen molar-refractivity contribution in [3.05, 3.63) is 64.0 Å². The molecule has 1 atom stereocenters. The highest BCUT2D eigenvalue weighted by atomic mass is 32.1. The minimum absolute atomic E-state index is 0.233. The molecule has 0 aliphatic heterocycles. The highest BCUT2D eigenvalue weighted by Crippen LogP contribution is 2.40. The molecule has 0 spiro atoms. The van der Waals surface area contributed by atoms with E-state index in [2.05, 4.69) is 22.8 Å². The summed E-state index contributed by atoms with van der Waals surface area (Å²) in [7, 11) is 0. The lowest BCUT2D eigenvalue weighted by Crippen LogP contribution is -2.32. The van der Waals surface area contributed by atoms with Crippen LogP contribution in [0.25, 0.3) is 10.8 Å². The van der Waals surface area contributed by atoms with Crippen LogP contribution in [0.4, 0.5) is 5.00 Å². The molecule has 33 heavy (non-hydrogen) atoms. The maximum atomic E-state index is 12.6. The molecule has 7 nitrogen and oxygen atoms in total. The zero-order valence-electron chi connectivity index (χ0n) is 18.5. The molecule has 0 unspecified atom stereocenters. The van der Waals surface area contributed by atoms with Gasteiger partial charge in [0.25, 0.3) is 0 Å². The van der Waals surface area contributed by atoms with E-state index in [1.54, 1.807) is 6.92 Å². The van der Waals surface area contributed by atoms with Crippen LogP contribution in [0.1, 0.15) is 46.6 Å². The number of hydrogen-bond acceptors (Lipinski definition) is 6. The molecular formula is C25H25N3O4S. The van der Waals surface area contributed by atoms with Gasteiger partial charge in [-0.05, 0) is 48.4 Å². The Kier molecular flexibility index (Phi) is 6.84. The summed E-state index contributed by atoms with van der Waals surface area (Å²) in [5.74, 6) is -1.78. The van der Waals surface area contributed by atoms with E-state index in [4.69, 9.17) is 4.74 Å². The van der Waals surface area contributed by atoms with Gasteiger partial charge in [-0.25, -0.2) is 10.2 Å². The van der Waals surface area contributed by atoms with Gasteiger partial charge in [0.05, 0.1) is 18.4 Å². The second kappa shape index (κ2) is 9.95. The number of thiophene rings is 1. The largest absolute Gasteiger partial charge is 0.462 e. The number of carbonyl (C=O) groups is 3. The molecule has 1 aliphatic carbocycles. The Labute approximate surface area is 195 Å². The van der Waals surface area contributed by atoms with E-state index in [-0.39, 0.29) is 6.61 Å². The average Bonchev–Trinajstić information content (AvgIpc) is 3.16. The molecule has 0 radical (unpaired) electrons.